The number of carbonyl (C=O) groups excluding carboxylic acids is 1. The van der Waals surface area contributed by atoms with E-state index in [4.69, 9.17) is 4.52 Å². The Bertz CT molecular complexity index is 1470. The molecule has 0 amide bonds. The van der Waals surface area contributed by atoms with E-state index in [1.54, 1.807) is 0 Å². The number of nitrogens with one attached hydrogen (secondary N) is 2. The molecule has 160 valence electrons. The second-order valence-electron chi connectivity index (χ2n) is 8.11. The second-order valence-corrected chi connectivity index (χ2v) is 8.11. The van der Waals surface area contributed by atoms with Gasteiger partial charge in [-0.15, -0.1) is 0 Å². The molecule has 0 radical (unpaired) electrons. The van der Waals surface area contributed by atoms with Gasteiger partial charge in [0, 0.05) is 23.4 Å². The van der Waals surface area contributed by atoms with E-state index < -0.39 is 0 Å². The van der Waals surface area contributed by atoms with Crippen molar-refractivity contribution in [2.24, 2.45) is 0 Å². The van der Waals surface area contributed by atoms with Gasteiger partial charge >= 0.3 is 0 Å². The summed E-state index contributed by atoms with van der Waals surface area (Å²) in [5, 5.41) is 12.1. The lowest BCUT2D eigenvalue weighted by atomic mass is 9.86. The van der Waals surface area contributed by atoms with Crippen molar-refractivity contribution in [3.63, 3.8) is 0 Å². The molecule has 5 heteroatoms. The average molecular weight is 431 g/mol. The van der Waals surface area contributed by atoms with Crippen molar-refractivity contribution >= 4 is 33.7 Å². The number of para-hydroxylation sites is 1. The van der Waals surface area contributed by atoms with Gasteiger partial charge < -0.3 is 15.2 Å². The van der Waals surface area contributed by atoms with E-state index in [1.807, 2.05) is 78.9 Å². The fourth-order valence-electron chi connectivity index (χ4n) is 4.46. The summed E-state index contributed by atoms with van der Waals surface area (Å²) in [5.41, 5.74) is 6.42. The summed E-state index contributed by atoms with van der Waals surface area (Å²) in [4.78, 5) is 13.6. The zero-order valence-corrected chi connectivity index (χ0v) is 17.8. The number of nitrogens with zero attached hydrogens (tertiary/aromatic N) is 1. The lowest BCUT2D eigenvalue weighted by Crippen LogP contribution is -2.13. The number of ketones is 1. The Balaban J connectivity index is 1.47. The Morgan fingerprint density at radius 3 is 2.27 bits per heavy atom. The molecule has 0 saturated heterocycles. The summed E-state index contributed by atoms with van der Waals surface area (Å²) in [7, 11) is 0. The van der Waals surface area contributed by atoms with E-state index in [0.717, 1.165) is 41.0 Å². The summed E-state index contributed by atoms with van der Waals surface area (Å²) < 4.78 is 5.81. The van der Waals surface area contributed by atoms with Crippen LogP contribution >= 0.6 is 0 Å². The monoisotopic (exact) mass is 431 g/mol. The summed E-state index contributed by atoms with van der Waals surface area (Å²) in [5.74, 6) is 0.610. The Morgan fingerprint density at radius 2 is 1.48 bits per heavy atom. The number of hydrogen-bond donors (Lipinski definition) is 2. The van der Waals surface area contributed by atoms with E-state index in [0.29, 0.717) is 22.4 Å². The van der Waals surface area contributed by atoms with E-state index in [9.17, 15) is 4.79 Å². The molecule has 0 fully saturated rings. The highest BCUT2D eigenvalue weighted by Gasteiger charge is 2.32. The molecule has 2 N–H and O–H groups in total. The summed E-state index contributed by atoms with van der Waals surface area (Å²) in [6, 6.07) is 29.7. The SMILES string of the molecule is O=C1c2ccccc2-c2onc3c(NCCc4ccccc4)cc(Nc4ccccc4)c1c23. The third-order valence-corrected chi connectivity index (χ3v) is 6.02. The first-order chi connectivity index (χ1) is 16.3. The lowest BCUT2D eigenvalue weighted by Gasteiger charge is -2.20. The van der Waals surface area contributed by atoms with Crippen LogP contribution in [0.25, 0.3) is 22.2 Å². The van der Waals surface area contributed by atoms with E-state index in [-0.39, 0.29) is 5.78 Å². The van der Waals surface area contributed by atoms with Crippen LogP contribution < -0.4 is 10.6 Å². The molecule has 5 nitrogen and oxygen atoms in total. The summed E-state index contributed by atoms with van der Waals surface area (Å²) in [6.07, 6.45) is 0.873. The topological polar surface area (TPSA) is 67.2 Å². The predicted molar refractivity (Wildman–Crippen MR) is 131 cm³/mol. The molecule has 1 aliphatic rings. The molecular formula is C28H21N3O2. The van der Waals surface area contributed by atoms with Gasteiger partial charge in [-0.1, -0.05) is 78.0 Å². The minimum Gasteiger partial charge on any atom is -0.383 e. The van der Waals surface area contributed by atoms with E-state index >= 15 is 0 Å². The molecule has 0 aliphatic heterocycles. The maximum atomic E-state index is 13.6. The molecule has 33 heavy (non-hydrogen) atoms. The third kappa shape index (κ3) is 3.34. The molecule has 1 heterocycles. The van der Waals surface area contributed by atoms with Crippen molar-refractivity contribution in [3.05, 3.63) is 108 Å². The summed E-state index contributed by atoms with van der Waals surface area (Å²) in [6.45, 7) is 0.732. The number of carbonyl (C=O) groups is 1. The second kappa shape index (κ2) is 7.95. The highest BCUT2D eigenvalue weighted by Crippen LogP contribution is 2.45. The molecule has 1 aromatic heterocycles. The van der Waals surface area contributed by atoms with Crippen LogP contribution in [0.4, 0.5) is 17.1 Å². The average Bonchev–Trinajstić information content (AvgIpc) is 3.30. The number of benzene rings is 4. The first-order valence-corrected chi connectivity index (χ1v) is 11.0. The molecule has 0 atom stereocenters. The van der Waals surface area contributed by atoms with Gasteiger partial charge in [-0.3, -0.25) is 4.79 Å². The number of fused-ring (bicyclic) bond motifs is 2. The van der Waals surface area contributed by atoms with Gasteiger partial charge in [0.25, 0.3) is 0 Å². The molecule has 6 rings (SSSR count). The third-order valence-electron chi connectivity index (χ3n) is 6.02. The van der Waals surface area contributed by atoms with Crippen molar-refractivity contribution in [3.8, 4) is 11.3 Å². The fourth-order valence-corrected chi connectivity index (χ4v) is 4.46. The molecular weight excluding hydrogens is 410 g/mol. The maximum absolute atomic E-state index is 13.6. The molecule has 0 bridgehead atoms. The number of rotatable bonds is 6. The number of anilines is 3. The molecule has 4 aromatic carbocycles. The smallest absolute Gasteiger partial charge is 0.196 e. The van der Waals surface area contributed by atoms with Gasteiger partial charge in [-0.25, -0.2) is 0 Å². The highest BCUT2D eigenvalue weighted by molar-refractivity contribution is 6.28. The molecule has 0 unspecified atom stereocenters. The predicted octanol–water partition coefficient (Wildman–Crippen LogP) is 6.44. The van der Waals surface area contributed by atoms with Crippen LogP contribution in [0, 0.1) is 0 Å². The highest BCUT2D eigenvalue weighted by atomic mass is 16.5. The van der Waals surface area contributed by atoms with E-state index in [1.165, 1.54) is 5.56 Å². The van der Waals surface area contributed by atoms with Crippen molar-refractivity contribution in [2.75, 3.05) is 17.2 Å². The molecule has 0 saturated carbocycles. The number of hydrogen-bond acceptors (Lipinski definition) is 5. The lowest BCUT2D eigenvalue weighted by molar-refractivity contribution is 0.104. The van der Waals surface area contributed by atoms with Crippen LogP contribution in [-0.4, -0.2) is 17.5 Å². The van der Waals surface area contributed by atoms with Gasteiger partial charge in [0.1, 0.15) is 5.52 Å². The Morgan fingerprint density at radius 1 is 0.788 bits per heavy atom. The van der Waals surface area contributed by atoms with Gasteiger partial charge in [-0.05, 0) is 30.2 Å². The Hall–Kier alpha value is -4.38. The molecule has 1 aliphatic carbocycles. The zero-order chi connectivity index (χ0) is 22.2. The number of aromatic nitrogens is 1. The first kappa shape index (κ1) is 19.3. The van der Waals surface area contributed by atoms with Crippen LogP contribution in [-0.2, 0) is 6.42 Å². The van der Waals surface area contributed by atoms with Crippen LogP contribution in [0.3, 0.4) is 0 Å². The maximum Gasteiger partial charge on any atom is 0.196 e. The van der Waals surface area contributed by atoms with Crippen molar-refractivity contribution in [1.82, 2.24) is 5.16 Å². The standard InChI is InChI=1S/C28H21N3O2/c32-27-20-13-7-8-14-21(20)28-25-24(27)22(30-19-11-5-2-6-12-19)17-23(26(25)31-33-28)29-16-15-18-9-3-1-4-10-18/h1-14,17,29-30H,15-16H2. The van der Waals surface area contributed by atoms with Crippen molar-refractivity contribution < 1.29 is 9.32 Å². The molecule has 0 spiro atoms. The zero-order valence-electron chi connectivity index (χ0n) is 17.8. The van der Waals surface area contributed by atoms with Gasteiger partial charge in [-0.2, -0.15) is 0 Å². The minimum atomic E-state index is -0.0273. The fraction of sp³-hybridized carbons (Fsp3) is 0.0714. The largest absolute Gasteiger partial charge is 0.383 e. The Labute approximate surface area is 191 Å². The summed E-state index contributed by atoms with van der Waals surface area (Å²) >= 11 is 0. The molecule has 5 aromatic rings. The Kier molecular flexibility index (Phi) is 4.65. The van der Waals surface area contributed by atoms with Crippen LogP contribution in [0.2, 0.25) is 0 Å². The van der Waals surface area contributed by atoms with Crippen LogP contribution in [0.15, 0.2) is 95.5 Å². The quantitative estimate of drug-likeness (QED) is 0.318. The van der Waals surface area contributed by atoms with Crippen molar-refractivity contribution in [2.45, 2.75) is 6.42 Å². The van der Waals surface area contributed by atoms with Gasteiger partial charge in [0.15, 0.2) is 11.5 Å². The van der Waals surface area contributed by atoms with Crippen LogP contribution in [0.1, 0.15) is 21.5 Å². The van der Waals surface area contributed by atoms with Gasteiger partial charge in [0.2, 0.25) is 0 Å². The van der Waals surface area contributed by atoms with Crippen LogP contribution in [0.5, 0.6) is 0 Å². The van der Waals surface area contributed by atoms with Crippen molar-refractivity contribution in [1.29, 1.82) is 0 Å². The minimum absolute atomic E-state index is 0.0273. The van der Waals surface area contributed by atoms with E-state index in [2.05, 4.69) is 27.9 Å². The normalized spacial score (nSPS) is 11.9. The van der Waals surface area contributed by atoms with Gasteiger partial charge in [0.05, 0.1) is 22.3 Å². The first-order valence-electron chi connectivity index (χ1n) is 11.0.